The van der Waals surface area contributed by atoms with Crippen LogP contribution in [0.5, 0.6) is 11.5 Å². The lowest BCUT2D eigenvalue weighted by Gasteiger charge is -2.37. The molecule has 0 spiro atoms. The normalized spacial score (nSPS) is 23.2. The molecule has 0 bridgehead atoms. The van der Waals surface area contributed by atoms with Gasteiger partial charge in [-0.2, -0.15) is 0 Å². The van der Waals surface area contributed by atoms with Crippen molar-refractivity contribution in [1.29, 1.82) is 0 Å². The van der Waals surface area contributed by atoms with Crippen LogP contribution in [-0.4, -0.2) is 41.3 Å². The fourth-order valence-corrected chi connectivity index (χ4v) is 3.99. The minimum Gasteiger partial charge on any atom is -0.454 e. The average Bonchev–Trinajstić information content (AvgIpc) is 3.14. The third kappa shape index (κ3) is 3.46. The Balaban J connectivity index is 1.50. The van der Waals surface area contributed by atoms with E-state index in [2.05, 4.69) is 10.3 Å². The number of amides is 4. The molecule has 1 atom stereocenters. The fourth-order valence-electron chi connectivity index (χ4n) is 3.99. The molecule has 1 aromatic carbocycles. The number of aliphatic imine (C=N–C) groups is 1. The third-order valence-corrected chi connectivity index (χ3v) is 5.50. The van der Waals surface area contributed by atoms with Gasteiger partial charge in [0.05, 0.1) is 6.54 Å². The zero-order valence-electron chi connectivity index (χ0n) is 15.8. The van der Waals surface area contributed by atoms with Crippen LogP contribution < -0.4 is 14.8 Å². The number of nitrogens with zero attached hydrogens (tertiary/aromatic N) is 2. The van der Waals surface area contributed by atoms with Gasteiger partial charge in [-0.25, -0.2) is 4.79 Å². The van der Waals surface area contributed by atoms with E-state index in [0.29, 0.717) is 23.8 Å². The maximum atomic E-state index is 13.0. The first kappa shape index (κ1) is 18.5. The predicted octanol–water partition coefficient (Wildman–Crippen LogP) is 2.40. The Kier molecular flexibility index (Phi) is 5.02. The van der Waals surface area contributed by atoms with Gasteiger partial charge in [0.15, 0.2) is 17.4 Å². The highest BCUT2D eigenvalue weighted by molar-refractivity contribution is 6.27. The van der Waals surface area contributed by atoms with Crippen molar-refractivity contribution in [2.24, 2.45) is 10.9 Å². The first-order chi connectivity index (χ1) is 13.5. The van der Waals surface area contributed by atoms with Gasteiger partial charge in [0.2, 0.25) is 18.6 Å². The quantitative estimate of drug-likeness (QED) is 0.634. The Bertz CT molecular complexity index is 844. The summed E-state index contributed by atoms with van der Waals surface area (Å²) >= 11 is 0. The van der Waals surface area contributed by atoms with Crippen LogP contribution >= 0.6 is 0 Å². The van der Waals surface area contributed by atoms with Crippen molar-refractivity contribution < 1.29 is 23.9 Å². The zero-order chi connectivity index (χ0) is 19.7. The second-order valence-electron chi connectivity index (χ2n) is 7.37. The van der Waals surface area contributed by atoms with Gasteiger partial charge in [-0.15, -0.1) is 0 Å². The summed E-state index contributed by atoms with van der Waals surface area (Å²) in [5.74, 6) is -0.783. The van der Waals surface area contributed by atoms with E-state index in [1.165, 1.54) is 4.90 Å². The maximum Gasteiger partial charge on any atom is 0.331 e. The molecule has 1 aliphatic carbocycles. The number of urea groups is 1. The smallest absolute Gasteiger partial charge is 0.331 e. The number of benzene rings is 1. The Morgan fingerprint density at radius 2 is 1.89 bits per heavy atom. The van der Waals surface area contributed by atoms with Crippen LogP contribution in [0, 0.1) is 5.92 Å². The van der Waals surface area contributed by atoms with Crippen LogP contribution in [0.4, 0.5) is 4.79 Å². The molecular formula is C20H23N3O5. The molecule has 0 radical (unpaired) electrons. The SMILES string of the molecule is CC(=NCc1ccc2c(c1)OCO2)C1C(=O)NC(=O)N(C2CCCCC2)C1=O. The lowest BCUT2D eigenvalue weighted by Crippen LogP contribution is -2.62. The van der Waals surface area contributed by atoms with Crippen LogP contribution in [-0.2, 0) is 16.1 Å². The van der Waals surface area contributed by atoms with Crippen molar-refractivity contribution in [2.45, 2.75) is 51.6 Å². The largest absolute Gasteiger partial charge is 0.454 e. The van der Waals surface area contributed by atoms with Crippen LogP contribution in [0.15, 0.2) is 23.2 Å². The molecule has 28 heavy (non-hydrogen) atoms. The van der Waals surface area contributed by atoms with Crippen molar-refractivity contribution in [3.8, 4) is 11.5 Å². The van der Waals surface area contributed by atoms with Gasteiger partial charge in [0.25, 0.3) is 0 Å². The fraction of sp³-hybridized carbons (Fsp3) is 0.500. The van der Waals surface area contributed by atoms with Gasteiger partial charge < -0.3 is 9.47 Å². The van der Waals surface area contributed by atoms with E-state index in [0.717, 1.165) is 37.7 Å². The summed E-state index contributed by atoms with van der Waals surface area (Å²) in [5.41, 5.74) is 1.28. The van der Waals surface area contributed by atoms with Crippen molar-refractivity contribution >= 4 is 23.6 Å². The predicted molar refractivity (Wildman–Crippen MR) is 100 cm³/mol. The van der Waals surface area contributed by atoms with Crippen molar-refractivity contribution in [3.05, 3.63) is 23.8 Å². The number of nitrogens with one attached hydrogen (secondary N) is 1. The van der Waals surface area contributed by atoms with Crippen molar-refractivity contribution in [3.63, 3.8) is 0 Å². The molecule has 4 rings (SSSR count). The van der Waals surface area contributed by atoms with E-state index in [1.54, 1.807) is 6.92 Å². The lowest BCUT2D eigenvalue weighted by atomic mass is 9.91. The van der Waals surface area contributed by atoms with E-state index in [1.807, 2.05) is 18.2 Å². The molecule has 8 heteroatoms. The topological polar surface area (TPSA) is 97.3 Å². The summed E-state index contributed by atoms with van der Waals surface area (Å²) in [7, 11) is 0. The second kappa shape index (κ2) is 7.61. The van der Waals surface area contributed by atoms with Crippen LogP contribution in [0.2, 0.25) is 0 Å². The number of carbonyl (C=O) groups excluding carboxylic acids is 3. The lowest BCUT2D eigenvalue weighted by molar-refractivity contribution is -0.141. The molecule has 2 fully saturated rings. The molecule has 1 N–H and O–H groups in total. The van der Waals surface area contributed by atoms with Gasteiger partial charge in [0.1, 0.15) is 0 Å². The highest BCUT2D eigenvalue weighted by Crippen LogP contribution is 2.33. The van der Waals surface area contributed by atoms with Crippen LogP contribution in [0.1, 0.15) is 44.6 Å². The van der Waals surface area contributed by atoms with E-state index < -0.39 is 23.8 Å². The molecular weight excluding hydrogens is 362 g/mol. The average molecular weight is 385 g/mol. The molecule has 1 unspecified atom stereocenters. The maximum absolute atomic E-state index is 13.0. The molecule has 0 aromatic heterocycles. The highest BCUT2D eigenvalue weighted by Gasteiger charge is 2.44. The highest BCUT2D eigenvalue weighted by atomic mass is 16.7. The van der Waals surface area contributed by atoms with Crippen LogP contribution in [0.3, 0.4) is 0 Å². The van der Waals surface area contributed by atoms with Gasteiger partial charge in [-0.3, -0.25) is 24.8 Å². The zero-order valence-corrected chi connectivity index (χ0v) is 15.8. The van der Waals surface area contributed by atoms with E-state index >= 15 is 0 Å². The van der Waals surface area contributed by atoms with E-state index in [9.17, 15) is 14.4 Å². The monoisotopic (exact) mass is 385 g/mol. The summed E-state index contributed by atoms with van der Waals surface area (Å²) in [6.45, 7) is 2.16. The van der Waals surface area contributed by atoms with Crippen molar-refractivity contribution in [1.82, 2.24) is 10.2 Å². The molecule has 2 heterocycles. The number of ether oxygens (including phenoxy) is 2. The molecule has 4 amide bonds. The van der Waals surface area contributed by atoms with E-state index in [4.69, 9.17) is 9.47 Å². The summed E-state index contributed by atoms with van der Waals surface area (Å²) < 4.78 is 10.6. The first-order valence-electron chi connectivity index (χ1n) is 9.62. The molecule has 1 saturated heterocycles. The minimum atomic E-state index is -1.06. The summed E-state index contributed by atoms with van der Waals surface area (Å²) in [5, 5.41) is 2.33. The number of carbonyl (C=O) groups is 3. The number of fused-ring (bicyclic) bond motifs is 1. The second-order valence-corrected chi connectivity index (χ2v) is 7.37. The molecule has 148 valence electrons. The molecule has 1 saturated carbocycles. The third-order valence-electron chi connectivity index (χ3n) is 5.50. The van der Waals surface area contributed by atoms with Crippen molar-refractivity contribution in [2.75, 3.05) is 6.79 Å². The van der Waals surface area contributed by atoms with Gasteiger partial charge >= 0.3 is 6.03 Å². The Labute approximate surface area is 162 Å². The molecule has 2 aliphatic heterocycles. The summed E-state index contributed by atoms with van der Waals surface area (Å²) in [6, 6.07) is 4.76. The number of barbiturate groups is 1. The van der Waals surface area contributed by atoms with Gasteiger partial charge in [0, 0.05) is 11.8 Å². The summed E-state index contributed by atoms with van der Waals surface area (Å²) in [6.07, 6.45) is 4.65. The minimum absolute atomic E-state index is 0.140. The molecule has 8 nitrogen and oxygen atoms in total. The number of rotatable bonds is 4. The van der Waals surface area contributed by atoms with Crippen LogP contribution in [0.25, 0.3) is 0 Å². The molecule has 3 aliphatic rings. The number of imide groups is 2. The van der Waals surface area contributed by atoms with E-state index in [-0.39, 0.29) is 12.8 Å². The molecule has 1 aromatic rings. The first-order valence-corrected chi connectivity index (χ1v) is 9.62. The van der Waals surface area contributed by atoms with Gasteiger partial charge in [-0.05, 0) is 37.5 Å². The Hall–Kier alpha value is -2.90. The number of hydrogen-bond acceptors (Lipinski definition) is 6. The Morgan fingerprint density at radius 3 is 2.68 bits per heavy atom. The standard InChI is InChI=1S/C20H23N3O5/c1-12(21-10-13-7-8-15-16(9-13)28-11-27-15)17-18(24)22-20(26)23(19(17)25)14-5-3-2-4-6-14/h7-9,14,17H,2-6,10-11H2,1H3,(H,22,24,26). The summed E-state index contributed by atoms with van der Waals surface area (Å²) in [4.78, 5) is 43.3. The van der Waals surface area contributed by atoms with Gasteiger partial charge in [-0.1, -0.05) is 25.3 Å². The Morgan fingerprint density at radius 1 is 1.14 bits per heavy atom. The number of hydrogen-bond donors (Lipinski definition) is 1.